The Balaban J connectivity index is 3.01. The summed E-state index contributed by atoms with van der Waals surface area (Å²) in [6.07, 6.45) is 1.03. The lowest BCUT2D eigenvalue weighted by Crippen LogP contribution is -1.97. The molecule has 3 nitrogen and oxygen atoms in total. The zero-order valence-electron chi connectivity index (χ0n) is 7.76. The topological polar surface area (TPSA) is 27.7 Å². The summed E-state index contributed by atoms with van der Waals surface area (Å²) in [7, 11) is 1.58. The Hall–Kier alpha value is -0.560. The maximum absolute atomic E-state index is 5.13. The molecule has 12 heavy (non-hydrogen) atoms. The summed E-state index contributed by atoms with van der Waals surface area (Å²) in [5, 5.41) is 0. The van der Waals surface area contributed by atoms with Gasteiger partial charge in [-0.3, -0.25) is 0 Å². The largest absolute Gasteiger partial charge is 0.369 e. The number of methoxy groups -OCH3 is 1. The molecule has 0 fully saturated rings. The van der Waals surface area contributed by atoms with E-state index in [0.717, 1.165) is 13.0 Å². The lowest BCUT2D eigenvalue weighted by atomic mass is 10.5. The van der Waals surface area contributed by atoms with E-state index in [-0.39, 0.29) is 0 Å². The lowest BCUT2D eigenvalue weighted by Gasteiger charge is -1.95. The molecule has 0 aromatic heterocycles. The van der Waals surface area contributed by atoms with Crippen molar-refractivity contribution in [3.05, 3.63) is 0 Å². The molecule has 0 radical (unpaired) electrons. The predicted molar refractivity (Wildman–Crippen MR) is 46.7 cm³/mol. The Morgan fingerprint density at radius 1 is 1.08 bits per heavy atom. The van der Waals surface area contributed by atoms with E-state index in [9.17, 15) is 0 Å². The van der Waals surface area contributed by atoms with Gasteiger partial charge in [-0.15, -0.1) is 0 Å². The molecule has 0 amide bonds. The Bertz CT molecular complexity index is 120. The van der Waals surface area contributed by atoms with Crippen LogP contribution in [0.3, 0.4) is 0 Å². The first-order chi connectivity index (χ1) is 5.91. The minimum absolute atomic E-state index is 0.296. The summed E-state index contributed by atoms with van der Waals surface area (Å²) in [6, 6.07) is 0. The van der Waals surface area contributed by atoms with Crippen molar-refractivity contribution in [1.82, 2.24) is 0 Å². The van der Waals surface area contributed by atoms with Crippen LogP contribution < -0.4 is 0 Å². The van der Waals surface area contributed by atoms with Crippen molar-refractivity contribution in [2.24, 2.45) is 0 Å². The van der Waals surface area contributed by atoms with Gasteiger partial charge in [-0.25, -0.2) is 0 Å². The van der Waals surface area contributed by atoms with Crippen LogP contribution in [0.25, 0.3) is 0 Å². The summed E-state index contributed by atoms with van der Waals surface area (Å²) >= 11 is 0. The molecular weight excluding hydrogens is 156 g/mol. The lowest BCUT2D eigenvalue weighted by molar-refractivity contribution is -0.0166. The highest BCUT2D eigenvalue weighted by atomic mass is 16.7. The third-order valence-electron chi connectivity index (χ3n) is 1.02. The summed E-state index contributed by atoms with van der Waals surface area (Å²) in [5.74, 6) is 5.63. The van der Waals surface area contributed by atoms with E-state index >= 15 is 0 Å². The molecule has 70 valence electrons. The molecule has 0 unspecified atom stereocenters. The Morgan fingerprint density at radius 3 is 2.33 bits per heavy atom. The number of ether oxygens (including phenoxy) is 3. The normalized spacial score (nSPS) is 9.17. The van der Waals surface area contributed by atoms with Crippen molar-refractivity contribution in [3.63, 3.8) is 0 Å². The van der Waals surface area contributed by atoms with E-state index in [1.54, 1.807) is 7.11 Å². The van der Waals surface area contributed by atoms with Crippen molar-refractivity contribution in [1.29, 1.82) is 0 Å². The standard InChI is InChI=1S/C9H16O3/c1-3-6-11-7-4-5-8-12-9-10-2/h3,6-9H2,1-2H3. The van der Waals surface area contributed by atoms with E-state index in [2.05, 4.69) is 23.5 Å². The van der Waals surface area contributed by atoms with Crippen LogP contribution in [0, 0.1) is 11.8 Å². The van der Waals surface area contributed by atoms with E-state index in [4.69, 9.17) is 9.47 Å². The van der Waals surface area contributed by atoms with Gasteiger partial charge in [0.1, 0.15) is 20.0 Å². The second-order valence-electron chi connectivity index (χ2n) is 2.16. The van der Waals surface area contributed by atoms with E-state index < -0.39 is 0 Å². The Morgan fingerprint density at radius 2 is 1.75 bits per heavy atom. The molecule has 0 bridgehead atoms. The highest BCUT2D eigenvalue weighted by Crippen LogP contribution is 1.78. The highest BCUT2D eigenvalue weighted by molar-refractivity contribution is 4.99. The van der Waals surface area contributed by atoms with E-state index in [1.165, 1.54) is 0 Å². The number of hydrogen-bond donors (Lipinski definition) is 0. The van der Waals surface area contributed by atoms with Crippen molar-refractivity contribution < 1.29 is 14.2 Å². The van der Waals surface area contributed by atoms with Gasteiger partial charge in [0.25, 0.3) is 0 Å². The van der Waals surface area contributed by atoms with Crippen molar-refractivity contribution in [2.45, 2.75) is 13.3 Å². The highest BCUT2D eigenvalue weighted by Gasteiger charge is 1.79. The minimum Gasteiger partial charge on any atom is -0.369 e. The SMILES string of the molecule is CCCOCC#CCOCOC. The Labute approximate surface area is 74.0 Å². The fourth-order valence-corrected chi connectivity index (χ4v) is 0.546. The fourth-order valence-electron chi connectivity index (χ4n) is 0.546. The Kier molecular flexibility index (Phi) is 9.95. The molecule has 0 aliphatic rings. The van der Waals surface area contributed by atoms with Gasteiger partial charge in [0.2, 0.25) is 0 Å². The molecule has 0 rings (SSSR count). The van der Waals surface area contributed by atoms with Crippen molar-refractivity contribution in [2.75, 3.05) is 33.7 Å². The van der Waals surface area contributed by atoms with Gasteiger partial charge >= 0.3 is 0 Å². The maximum Gasteiger partial charge on any atom is 0.147 e. The zero-order valence-corrected chi connectivity index (χ0v) is 7.76. The average Bonchev–Trinajstić information content (AvgIpc) is 2.10. The molecule has 0 aromatic rings. The smallest absolute Gasteiger partial charge is 0.147 e. The van der Waals surface area contributed by atoms with Crippen LogP contribution >= 0.6 is 0 Å². The second-order valence-corrected chi connectivity index (χ2v) is 2.16. The molecule has 0 atom stereocenters. The van der Waals surface area contributed by atoms with Gasteiger partial charge in [0.05, 0.1) is 0 Å². The zero-order chi connectivity index (χ0) is 9.07. The monoisotopic (exact) mass is 172 g/mol. The molecule has 0 spiro atoms. The van der Waals surface area contributed by atoms with Crippen LogP contribution in [0.15, 0.2) is 0 Å². The minimum atomic E-state index is 0.296. The first kappa shape index (κ1) is 11.4. The van der Waals surface area contributed by atoms with Crippen molar-refractivity contribution in [3.8, 4) is 11.8 Å². The van der Waals surface area contributed by atoms with Crippen LogP contribution in [-0.4, -0.2) is 33.7 Å². The first-order valence-electron chi connectivity index (χ1n) is 4.02. The van der Waals surface area contributed by atoms with Gasteiger partial charge in [0, 0.05) is 13.7 Å². The molecule has 0 aliphatic heterocycles. The molecule has 0 aromatic carbocycles. The van der Waals surface area contributed by atoms with E-state index in [0.29, 0.717) is 20.0 Å². The van der Waals surface area contributed by atoms with Gasteiger partial charge < -0.3 is 14.2 Å². The van der Waals surface area contributed by atoms with Crippen molar-refractivity contribution >= 4 is 0 Å². The molecule has 3 heteroatoms. The van der Waals surface area contributed by atoms with Crippen LogP contribution in [0.4, 0.5) is 0 Å². The fraction of sp³-hybridized carbons (Fsp3) is 0.778. The molecule has 0 heterocycles. The van der Waals surface area contributed by atoms with E-state index in [1.807, 2.05) is 0 Å². The van der Waals surface area contributed by atoms with Crippen LogP contribution in [-0.2, 0) is 14.2 Å². The average molecular weight is 172 g/mol. The molecule has 0 aliphatic carbocycles. The maximum atomic E-state index is 5.13. The summed E-state index contributed by atoms with van der Waals surface area (Å²) in [4.78, 5) is 0. The third kappa shape index (κ3) is 9.44. The number of rotatable bonds is 6. The van der Waals surface area contributed by atoms with Crippen LogP contribution in [0.1, 0.15) is 13.3 Å². The molecular formula is C9H16O3. The molecule has 0 saturated carbocycles. The van der Waals surface area contributed by atoms with Crippen LogP contribution in [0.5, 0.6) is 0 Å². The van der Waals surface area contributed by atoms with Gasteiger partial charge in [-0.05, 0) is 6.42 Å². The molecule has 0 N–H and O–H groups in total. The summed E-state index contributed by atoms with van der Waals surface area (Å²) in [5.41, 5.74) is 0. The van der Waals surface area contributed by atoms with Crippen LogP contribution in [0.2, 0.25) is 0 Å². The first-order valence-corrected chi connectivity index (χ1v) is 4.02. The van der Waals surface area contributed by atoms with Gasteiger partial charge in [-0.2, -0.15) is 0 Å². The summed E-state index contributed by atoms with van der Waals surface area (Å²) < 4.78 is 14.7. The third-order valence-corrected chi connectivity index (χ3v) is 1.02. The van der Waals surface area contributed by atoms with Gasteiger partial charge in [0.15, 0.2) is 0 Å². The number of hydrogen-bond acceptors (Lipinski definition) is 3. The second kappa shape index (κ2) is 10.4. The molecule has 0 saturated heterocycles. The summed E-state index contributed by atoms with van der Waals surface area (Å²) in [6.45, 7) is 4.03. The predicted octanol–water partition coefficient (Wildman–Crippen LogP) is 1.04. The quantitative estimate of drug-likeness (QED) is 0.340. The van der Waals surface area contributed by atoms with Gasteiger partial charge in [-0.1, -0.05) is 18.8 Å².